The number of amides is 1. The summed E-state index contributed by atoms with van der Waals surface area (Å²) >= 11 is 0. The molecule has 1 saturated heterocycles. The van der Waals surface area contributed by atoms with E-state index in [4.69, 9.17) is 9.97 Å². The molecular formula is C28H28N8O2. The zero-order valence-corrected chi connectivity index (χ0v) is 20.8. The minimum absolute atomic E-state index is 0.203. The molecule has 0 spiro atoms. The highest BCUT2D eigenvalue weighted by atomic mass is 16.3. The van der Waals surface area contributed by atoms with Gasteiger partial charge in [0.25, 0.3) is 0 Å². The zero-order valence-electron chi connectivity index (χ0n) is 20.8. The number of nitrogens with zero attached hydrogens (tertiary/aromatic N) is 6. The van der Waals surface area contributed by atoms with Gasteiger partial charge in [0.05, 0.1) is 11.8 Å². The van der Waals surface area contributed by atoms with Crippen molar-refractivity contribution in [3.63, 3.8) is 0 Å². The molecule has 3 aromatic heterocycles. The summed E-state index contributed by atoms with van der Waals surface area (Å²) in [4.78, 5) is 32.5. The van der Waals surface area contributed by atoms with Crippen molar-refractivity contribution in [3.8, 4) is 5.75 Å². The molecule has 4 heterocycles. The Kier molecular flexibility index (Phi) is 6.43. The van der Waals surface area contributed by atoms with Gasteiger partial charge in [0, 0.05) is 49.9 Å². The zero-order chi connectivity index (χ0) is 25.9. The molecular weight excluding hydrogens is 480 g/mol. The van der Waals surface area contributed by atoms with Gasteiger partial charge in [-0.15, -0.1) is 0 Å². The molecule has 3 N–H and O–H groups in total. The highest BCUT2D eigenvalue weighted by Gasteiger charge is 2.20. The number of aromatic nitrogens is 5. The van der Waals surface area contributed by atoms with E-state index in [0.717, 1.165) is 41.5 Å². The number of fused-ring (bicyclic) bond motifs is 2. The average molecular weight is 509 g/mol. The minimum Gasteiger partial charge on any atom is -0.508 e. The van der Waals surface area contributed by atoms with E-state index in [1.807, 2.05) is 51.9 Å². The van der Waals surface area contributed by atoms with Crippen molar-refractivity contribution in [1.29, 1.82) is 0 Å². The summed E-state index contributed by atoms with van der Waals surface area (Å²) in [6.45, 7) is 2.66. The summed E-state index contributed by atoms with van der Waals surface area (Å²) in [7, 11) is 0. The van der Waals surface area contributed by atoms with Gasteiger partial charge in [-0.05, 0) is 54.8 Å². The van der Waals surface area contributed by atoms with Crippen LogP contribution in [-0.2, 0) is 17.8 Å². The second kappa shape index (κ2) is 10.3. The van der Waals surface area contributed by atoms with Crippen molar-refractivity contribution in [3.05, 3.63) is 72.7 Å². The molecule has 0 saturated carbocycles. The van der Waals surface area contributed by atoms with Gasteiger partial charge >= 0.3 is 0 Å². The molecule has 1 aliphatic heterocycles. The van der Waals surface area contributed by atoms with Crippen LogP contribution in [0.1, 0.15) is 18.4 Å². The van der Waals surface area contributed by atoms with Gasteiger partial charge in [0.1, 0.15) is 5.75 Å². The van der Waals surface area contributed by atoms with Crippen LogP contribution in [0, 0.1) is 0 Å². The van der Waals surface area contributed by atoms with Crippen molar-refractivity contribution < 1.29 is 9.90 Å². The molecule has 192 valence electrons. The lowest BCUT2D eigenvalue weighted by molar-refractivity contribution is -0.127. The largest absolute Gasteiger partial charge is 0.508 e. The van der Waals surface area contributed by atoms with Crippen molar-refractivity contribution in [1.82, 2.24) is 29.4 Å². The second-order valence-corrected chi connectivity index (χ2v) is 9.37. The molecule has 38 heavy (non-hydrogen) atoms. The van der Waals surface area contributed by atoms with Gasteiger partial charge < -0.3 is 25.2 Å². The number of nitrogens with one attached hydrogen (secondary N) is 2. The maximum atomic E-state index is 12.1. The van der Waals surface area contributed by atoms with E-state index >= 15 is 0 Å². The SMILES string of the molecule is O=C1CCCN1CCn1cnc2c(NCCc3ccc(O)cc3)nc(Nc3ccc4ncccc4c3)nc21. The summed E-state index contributed by atoms with van der Waals surface area (Å²) < 4.78 is 1.98. The quantitative estimate of drug-likeness (QED) is 0.272. The summed E-state index contributed by atoms with van der Waals surface area (Å²) in [5.74, 6) is 1.54. The van der Waals surface area contributed by atoms with Crippen molar-refractivity contribution >= 4 is 45.4 Å². The number of likely N-dealkylation sites (tertiary alicyclic amines) is 1. The number of aromatic hydroxyl groups is 1. The van der Waals surface area contributed by atoms with E-state index < -0.39 is 0 Å². The number of rotatable bonds is 9. The van der Waals surface area contributed by atoms with E-state index in [0.29, 0.717) is 49.0 Å². The molecule has 10 nitrogen and oxygen atoms in total. The van der Waals surface area contributed by atoms with Crippen LogP contribution in [0.3, 0.4) is 0 Å². The van der Waals surface area contributed by atoms with E-state index in [9.17, 15) is 9.90 Å². The lowest BCUT2D eigenvalue weighted by atomic mass is 10.1. The van der Waals surface area contributed by atoms with Crippen molar-refractivity contribution in [2.45, 2.75) is 25.8 Å². The molecule has 1 fully saturated rings. The first kappa shape index (κ1) is 23.7. The van der Waals surface area contributed by atoms with Gasteiger partial charge in [-0.1, -0.05) is 18.2 Å². The highest BCUT2D eigenvalue weighted by Crippen LogP contribution is 2.25. The number of phenols is 1. The Morgan fingerprint density at radius 2 is 1.89 bits per heavy atom. The molecule has 5 aromatic rings. The van der Waals surface area contributed by atoms with Gasteiger partial charge in [-0.2, -0.15) is 9.97 Å². The first-order valence-electron chi connectivity index (χ1n) is 12.8. The molecule has 0 unspecified atom stereocenters. The van der Waals surface area contributed by atoms with Crippen LogP contribution >= 0.6 is 0 Å². The summed E-state index contributed by atoms with van der Waals surface area (Å²) in [6.07, 6.45) is 5.83. The summed E-state index contributed by atoms with van der Waals surface area (Å²) in [5.41, 5.74) is 4.25. The first-order chi connectivity index (χ1) is 18.6. The number of anilines is 3. The van der Waals surface area contributed by atoms with E-state index in [1.54, 1.807) is 24.7 Å². The maximum Gasteiger partial charge on any atom is 0.231 e. The average Bonchev–Trinajstić information content (AvgIpc) is 3.54. The van der Waals surface area contributed by atoms with Crippen LogP contribution in [0.15, 0.2) is 67.1 Å². The van der Waals surface area contributed by atoms with Gasteiger partial charge in [-0.25, -0.2) is 4.98 Å². The Morgan fingerprint density at radius 1 is 1.00 bits per heavy atom. The Morgan fingerprint density at radius 3 is 2.74 bits per heavy atom. The summed E-state index contributed by atoms with van der Waals surface area (Å²) in [6, 6.07) is 17.0. The Balaban J connectivity index is 1.28. The second-order valence-electron chi connectivity index (χ2n) is 9.37. The third-order valence-electron chi connectivity index (χ3n) is 6.75. The van der Waals surface area contributed by atoms with E-state index in [2.05, 4.69) is 20.6 Å². The van der Waals surface area contributed by atoms with Crippen LogP contribution in [0.5, 0.6) is 5.75 Å². The number of hydrogen-bond donors (Lipinski definition) is 3. The molecule has 0 atom stereocenters. The molecule has 1 amide bonds. The van der Waals surface area contributed by atoms with Gasteiger partial charge in [-0.3, -0.25) is 9.78 Å². The Labute approximate surface area is 219 Å². The summed E-state index contributed by atoms with van der Waals surface area (Å²) in [5, 5.41) is 17.3. The Hall–Kier alpha value is -4.73. The number of hydrogen-bond acceptors (Lipinski definition) is 8. The number of imidazole rings is 1. The predicted molar refractivity (Wildman–Crippen MR) is 146 cm³/mol. The molecule has 0 bridgehead atoms. The molecule has 6 rings (SSSR count). The number of phenolic OH excluding ortho intramolecular Hbond substituents is 1. The fraction of sp³-hybridized carbons (Fsp3) is 0.250. The first-order valence-corrected chi connectivity index (χ1v) is 12.8. The topological polar surface area (TPSA) is 121 Å². The fourth-order valence-electron chi connectivity index (χ4n) is 4.73. The lowest BCUT2D eigenvalue weighted by Gasteiger charge is -2.16. The highest BCUT2D eigenvalue weighted by molar-refractivity contribution is 5.86. The predicted octanol–water partition coefficient (Wildman–Crippen LogP) is 4.10. The standard InChI is InChI=1S/C28H28N8O2/c37-22-8-5-19(6-9-22)11-13-30-26-25-27(36(18-31-25)16-15-35-14-2-4-24(35)38)34-28(33-26)32-21-7-10-23-20(17-21)3-1-12-29-23/h1,3,5-10,12,17-18,37H,2,4,11,13-16H2,(H2,30,32,33,34). The van der Waals surface area contributed by atoms with Crippen LogP contribution in [0.4, 0.5) is 17.5 Å². The van der Waals surface area contributed by atoms with Crippen LogP contribution in [-0.4, -0.2) is 60.1 Å². The minimum atomic E-state index is 0.203. The smallest absolute Gasteiger partial charge is 0.231 e. The van der Waals surface area contributed by atoms with Gasteiger partial charge in [0.2, 0.25) is 11.9 Å². The third-order valence-corrected chi connectivity index (χ3v) is 6.75. The molecule has 10 heteroatoms. The van der Waals surface area contributed by atoms with Crippen LogP contribution in [0.25, 0.3) is 22.1 Å². The number of benzene rings is 2. The van der Waals surface area contributed by atoms with Crippen molar-refractivity contribution in [2.75, 3.05) is 30.3 Å². The molecule has 2 aromatic carbocycles. The third kappa shape index (κ3) is 5.06. The monoisotopic (exact) mass is 508 g/mol. The van der Waals surface area contributed by atoms with E-state index in [-0.39, 0.29) is 11.7 Å². The van der Waals surface area contributed by atoms with E-state index in [1.165, 1.54) is 0 Å². The normalized spacial score (nSPS) is 13.5. The molecule has 0 aliphatic carbocycles. The lowest BCUT2D eigenvalue weighted by Crippen LogP contribution is -2.28. The Bertz CT molecular complexity index is 1600. The van der Waals surface area contributed by atoms with Crippen LogP contribution < -0.4 is 10.6 Å². The number of pyridine rings is 1. The maximum absolute atomic E-state index is 12.1. The number of carbonyl (C=O) groups excluding carboxylic acids is 1. The van der Waals surface area contributed by atoms with Gasteiger partial charge in [0.15, 0.2) is 17.0 Å². The molecule has 0 radical (unpaired) electrons. The number of carbonyl (C=O) groups is 1. The van der Waals surface area contributed by atoms with Crippen molar-refractivity contribution in [2.24, 2.45) is 0 Å². The molecule has 1 aliphatic rings. The fourth-order valence-corrected chi connectivity index (χ4v) is 4.73. The van der Waals surface area contributed by atoms with Crippen LogP contribution in [0.2, 0.25) is 0 Å².